The summed E-state index contributed by atoms with van der Waals surface area (Å²) in [7, 11) is -5.28. The van der Waals surface area contributed by atoms with Crippen LogP contribution in [-0.4, -0.2) is 45.7 Å². The number of rotatable bonds is 5. The first kappa shape index (κ1) is 16.5. The third kappa shape index (κ3) is 3.64. The van der Waals surface area contributed by atoms with Crippen molar-refractivity contribution in [3.05, 3.63) is 29.8 Å². The minimum atomic E-state index is -3.64. The fraction of sp³-hybridized carbons (Fsp3) is 0.571. The molecule has 0 amide bonds. The van der Waals surface area contributed by atoms with Crippen LogP contribution in [0.15, 0.2) is 29.2 Å². The standard InChI is InChI=1S/C14H21NO4S2/c1-3-4-12-5-7-14(8-6-12)21(18,19)15(2)13-9-10-20(16,17)11-13/h5-8,13H,3-4,9-11H2,1-2H3. The zero-order valence-corrected chi connectivity index (χ0v) is 14.0. The zero-order valence-electron chi connectivity index (χ0n) is 12.3. The van der Waals surface area contributed by atoms with Crippen molar-refractivity contribution in [1.82, 2.24) is 4.31 Å². The van der Waals surface area contributed by atoms with Crippen molar-refractivity contribution >= 4 is 19.9 Å². The van der Waals surface area contributed by atoms with E-state index in [1.165, 1.54) is 11.4 Å². The molecule has 5 nitrogen and oxygen atoms in total. The molecule has 1 fully saturated rings. The van der Waals surface area contributed by atoms with E-state index in [4.69, 9.17) is 0 Å². The quantitative estimate of drug-likeness (QED) is 0.818. The Balaban J connectivity index is 2.21. The molecule has 1 saturated heterocycles. The van der Waals surface area contributed by atoms with Crippen molar-refractivity contribution in [3.8, 4) is 0 Å². The number of aryl methyl sites for hydroxylation is 1. The van der Waals surface area contributed by atoms with Gasteiger partial charge in [0, 0.05) is 13.1 Å². The van der Waals surface area contributed by atoms with Crippen LogP contribution in [0.4, 0.5) is 0 Å². The van der Waals surface area contributed by atoms with Crippen molar-refractivity contribution < 1.29 is 16.8 Å². The summed E-state index contributed by atoms with van der Waals surface area (Å²) in [5, 5.41) is 0. The molecular formula is C14H21NO4S2. The molecule has 0 saturated carbocycles. The highest BCUT2D eigenvalue weighted by molar-refractivity contribution is 7.92. The van der Waals surface area contributed by atoms with Crippen LogP contribution in [0.25, 0.3) is 0 Å². The number of hydrogen-bond acceptors (Lipinski definition) is 4. The van der Waals surface area contributed by atoms with E-state index in [-0.39, 0.29) is 16.4 Å². The van der Waals surface area contributed by atoms with E-state index in [1.54, 1.807) is 12.1 Å². The third-order valence-corrected chi connectivity index (χ3v) is 7.54. The molecule has 1 aliphatic heterocycles. The van der Waals surface area contributed by atoms with Gasteiger partial charge in [0.25, 0.3) is 0 Å². The maximum atomic E-state index is 12.5. The van der Waals surface area contributed by atoms with Crippen LogP contribution in [0.5, 0.6) is 0 Å². The van der Waals surface area contributed by atoms with Crippen molar-refractivity contribution in [2.45, 2.75) is 37.1 Å². The molecule has 0 aromatic heterocycles. The Morgan fingerprint density at radius 2 is 1.86 bits per heavy atom. The van der Waals surface area contributed by atoms with E-state index in [2.05, 4.69) is 6.92 Å². The molecule has 1 aromatic carbocycles. The van der Waals surface area contributed by atoms with Gasteiger partial charge in [-0.1, -0.05) is 25.5 Å². The number of sulfonamides is 1. The van der Waals surface area contributed by atoms with Crippen molar-refractivity contribution in [3.63, 3.8) is 0 Å². The largest absolute Gasteiger partial charge is 0.243 e. The average Bonchev–Trinajstić information content (AvgIpc) is 2.79. The topological polar surface area (TPSA) is 71.5 Å². The predicted molar refractivity (Wildman–Crippen MR) is 82.4 cm³/mol. The van der Waals surface area contributed by atoms with Gasteiger partial charge in [0.2, 0.25) is 10.0 Å². The van der Waals surface area contributed by atoms with Crippen molar-refractivity contribution in [2.75, 3.05) is 18.6 Å². The van der Waals surface area contributed by atoms with Gasteiger partial charge in [0.05, 0.1) is 16.4 Å². The normalized spacial score (nSPS) is 21.8. The molecule has 21 heavy (non-hydrogen) atoms. The summed E-state index contributed by atoms with van der Waals surface area (Å²) in [6, 6.07) is 6.36. The lowest BCUT2D eigenvalue weighted by atomic mass is 10.1. The maximum absolute atomic E-state index is 12.5. The number of nitrogens with zero attached hydrogens (tertiary/aromatic N) is 1. The molecule has 1 unspecified atom stereocenters. The highest BCUT2D eigenvalue weighted by Crippen LogP contribution is 2.23. The molecule has 0 bridgehead atoms. The minimum Gasteiger partial charge on any atom is -0.229 e. The summed E-state index contributed by atoms with van der Waals surface area (Å²) in [5.41, 5.74) is 1.10. The predicted octanol–water partition coefficient (Wildman–Crippen LogP) is 1.45. The Hall–Kier alpha value is -0.920. The van der Waals surface area contributed by atoms with Crippen molar-refractivity contribution in [1.29, 1.82) is 0 Å². The monoisotopic (exact) mass is 331 g/mol. The van der Waals surface area contributed by atoms with Crippen LogP contribution in [0, 0.1) is 0 Å². The maximum Gasteiger partial charge on any atom is 0.243 e. The minimum absolute atomic E-state index is 0.0625. The van der Waals surface area contributed by atoms with E-state index in [0.29, 0.717) is 6.42 Å². The fourth-order valence-corrected chi connectivity index (χ4v) is 5.80. The van der Waals surface area contributed by atoms with Gasteiger partial charge in [0.15, 0.2) is 9.84 Å². The molecular weight excluding hydrogens is 310 g/mol. The molecule has 2 rings (SSSR count). The highest BCUT2D eigenvalue weighted by Gasteiger charge is 2.36. The van der Waals surface area contributed by atoms with Crippen LogP contribution < -0.4 is 0 Å². The second-order valence-corrected chi connectivity index (χ2v) is 9.70. The summed E-state index contributed by atoms with van der Waals surface area (Å²) in [6.07, 6.45) is 2.29. The lowest BCUT2D eigenvalue weighted by Gasteiger charge is -2.22. The Bertz CT molecular complexity index is 693. The number of hydrogen-bond donors (Lipinski definition) is 0. The summed E-state index contributed by atoms with van der Waals surface area (Å²) in [6.45, 7) is 2.07. The van der Waals surface area contributed by atoms with Crippen LogP contribution in [-0.2, 0) is 26.3 Å². The van der Waals surface area contributed by atoms with E-state index >= 15 is 0 Å². The van der Waals surface area contributed by atoms with E-state index in [1.807, 2.05) is 12.1 Å². The Kier molecular flexibility index (Phi) is 4.75. The lowest BCUT2D eigenvalue weighted by Crippen LogP contribution is -2.37. The summed E-state index contributed by atoms with van der Waals surface area (Å²) >= 11 is 0. The molecule has 1 aliphatic rings. The second-order valence-electron chi connectivity index (χ2n) is 5.47. The molecule has 1 heterocycles. The summed E-state index contributed by atoms with van der Waals surface area (Å²) < 4.78 is 49.3. The van der Waals surface area contributed by atoms with Gasteiger partial charge < -0.3 is 0 Å². The summed E-state index contributed by atoms with van der Waals surface area (Å²) in [4.78, 5) is 0.217. The first-order valence-corrected chi connectivity index (χ1v) is 10.3. The van der Waals surface area contributed by atoms with Gasteiger partial charge in [-0.05, 0) is 30.5 Å². The number of sulfone groups is 1. The second kappa shape index (κ2) is 6.06. The molecule has 7 heteroatoms. The first-order chi connectivity index (χ1) is 9.76. The third-order valence-electron chi connectivity index (χ3n) is 3.86. The van der Waals surface area contributed by atoms with Gasteiger partial charge in [-0.25, -0.2) is 16.8 Å². The smallest absolute Gasteiger partial charge is 0.229 e. The first-order valence-electron chi connectivity index (χ1n) is 7.03. The van der Waals surface area contributed by atoms with Gasteiger partial charge in [0.1, 0.15) is 0 Å². The van der Waals surface area contributed by atoms with Gasteiger partial charge in [-0.15, -0.1) is 0 Å². The van der Waals surface area contributed by atoms with Gasteiger partial charge in [-0.2, -0.15) is 4.31 Å². The molecule has 118 valence electrons. The molecule has 0 aliphatic carbocycles. The van der Waals surface area contributed by atoms with Gasteiger partial charge >= 0.3 is 0 Å². The summed E-state index contributed by atoms with van der Waals surface area (Å²) in [5.74, 6) is -0.0242. The number of benzene rings is 1. The Morgan fingerprint density at radius 3 is 2.33 bits per heavy atom. The molecule has 0 radical (unpaired) electrons. The molecule has 1 aromatic rings. The Morgan fingerprint density at radius 1 is 1.24 bits per heavy atom. The van der Waals surface area contributed by atoms with Crippen LogP contribution >= 0.6 is 0 Å². The van der Waals surface area contributed by atoms with Crippen LogP contribution in [0.3, 0.4) is 0 Å². The van der Waals surface area contributed by atoms with E-state index in [9.17, 15) is 16.8 Å². The highest BCUT2D eigenvalue weighted by atomic mass is 32.2. The Labute approximate surface area is 126 Å². The molecule has 1 atom stereocenters. The molecule has 0 spiro atoms. The SMILES string of the molecule is CCCc1ccc(S(=O)(=O)N(C)C2CCS(=O)(=O)C2)cc1. The lowest BCUT2D eigenvalue weighted by molar-refractivity contribution is 0.394. The van der Waals surface area contributed by atoms with Crippen LogP contribution in [0.2, 0.25) is 0 Å². The van der Waals surface area contributed by atoms with Crippen LogP contribution in [0.1, 0.15) is 25.3 Å². The van der Waals surface area contributed by atoms with E-state index in [0.717, 1.165) is 18.4 Å². The fourth-order valence-electron chi connectivity index (χ4n) is 2.54. The average molecular weight is 331 g/mol. The van der Waals surface area contributed by atoms with E-state index < -0.39 is 25.9 Å². The van der Waals surface area contributed by atoms with Crippen molar-refractivity contribution in [2.24, 2.45) is 0 Å². The molecule has 0 N–H and O–H groups in total. The zero-order chi connectivity index (χ0) is 15.7. The van der Waals surface area contributed by atoms with Gasteiger partial charge in [-0.3, -0.25) is 0 Å².